The van der Waals surface area contributed by atoms with E-state index in [1.165, 1.54) is 12.8 Å². The van der Waals surface area contributed by atoms with Crippen LogP contribution in [0.2, 0.25) is 0 Å². The van der Waals surface area contributed by atoms with Crippen LogP contribution in [0.4, 0.5) is 0 Å². The number of carbonyl (C=O) groups is 1. The highest BCUT2D eigenvalue weighted by molar-refractivity contribution is 5.90. The molecule has 1 fully saturated rings. The fraction of sp³-hybridized carbons (Fsp3) is 0.429. The van der Waals surface area contributed by atoms with E-state index in [2.05, 4.69) is 75.2 Å². The number of carbonyl (C=O) groups excluding carboxylic acids is 1. The molecule has 0 atom stereocenters. The quantitative estimate of drug-likeness (QED) is 0.324. The number of benzene rings is 2. The number of hydrogen-bond donors (Lipinski definition) is 2. The molecule has 0 radical (unpaired) electrons. The molecule has 0 spiro atoms. The summed E-state index contributed by atoms with van der Waals surface area (Å²) in [6, 6.07) is 16.7. The number of nitrogens with one attached hydrogen (secondary N) is 2. The van der Waals surface area contributed by atoms with Gasteiger partial charge in [0, 0.05) is 24.6 Å². The van der Waals surface area contributed by atoms with E-state index in [-0.39, 0.29) is 17.8 Å². The average molecular weight is 499 g/mol. The third kappa shape index (κ3) is 5.76. The number of tetrazole rings is 1. The molecule has 0 aliphatic heterocycles. The van der Waals surface area contributed by atoms with Gasteiger partial charge in [0.15, 0.2) is 0 Å². The summed E-state index contributed by atoms with van der Waals surface area (Å²) in [5.41, 5.74) is 4.14. The van der Waals surface area contributed by atoms with Gasteiger partial charge in [-0.15, -0.1) is 15.3 Å². The number of hydrogen-bond acceptors (Lipinski definition) is 6. The van der Waals surface area contributed by atoms with Gasteiger partial charge < -0.3 is 5.32 Å². The Balaban J connectivity index is 1.38. The van der Waals surface area contributed by atoms with Gasteiger partial charge in [-0.3, -0.25) is 4.79 Å². The molecule has 2 aromatic carbocycles. The monoisotopic (exact) mass is 498 g/mol. The lowest BCUT2D eigenvalue weighted by molar-refractivity contribution is 0.0927. The van der Waals surface area contributed by atoms with E-state index in [1.54, 1.807) is 0 Å². The van der Waals surface area contributed by atoms with Gasteiger partial charge in [-0.2, -0.15) is 5.21 Å². The predicted molar refractivity (Wildman–Crippen MR) is 142 cm³/mol. The molecule has 4 aromatic rings. The van der Waals surface area contributed by atoms with Gasteiger partial charge in [0.05, 0.1) is 0 Å². The number of aromatic amines is 1. The van der Waals surface area contributed by atoms with Gasteiger partial charge in [-0.05, 0) is 40.7 Å². The van der Waals surface area contributed by atoms with Gasteiger partial charge in [-0.1, -0.05) is 88.1 Å². The molecule has 5 rings (SSSR count). The molecule has 2 heterocycles. The molecule has 1 saturated carbocycles. The minimum atomic E-state index is -0.162. The van der Waals surface area contributed by atoms with Crippen LogP contribution in [0, 0.1) is 5.92 Å². The second kappa shape index (κ2) is 11.5. The smallest absolute Gasteiger partial charge is 0.291 e. The molecule has 2 aromatic heterocycles. The van der Waals surface area contributed by atoms with Gasteiger partial charge >= 0.3 is 0 Å². The summed E-state index contributed by atoms with van der Waals surface area (Å²) in [7, 11) is 0. The molecule has 0 unspecified atom stereocenters. The molecular weight excluding hydrogens is 464 g/mol. The molecule has 0 saturated heterocycles. The summed E-state index contributed by atoms with van der Waals surface area (Å²) in [5.74, 6) is 2.00. The number of nitrogens with zero attached hydrogens (tertiary/aromatic N) is 6. The molecule has 9 nitrogen and oxygen atoms in total. The zero-order valence-electron chi connectivity index (χ0n) is 21.5. The zero-order chi connectivity index (χ0) is 25.6. The van der Waals surface area contributed by atoms with Crippen LogP contribution in [-0.4, -0.2) is 47.3 Å². The summed E-state index contributed by atoms with van der Waals surface area (Å²) in [5, 5.41) is 22.3. The highest BCUT2D eigenvalue weighted by atomic mass is 16.2. The third-order valence-electron chi connectivity index (χ3n) is 7.37. The molecule has 1 aliphatic rings. The van der Waals surface area contributed by atoms with Crippen molar-refractivity contribution in [1.29, 1.82) is 0 Å². The Bertz CT molecular complexity index is 1300. The van der Waals surface area contributed by atoms with Crippen LogP contribution < -0.4 is 5.32 Å². The maximum absolute atomic E-state index is 12.9. The molecule has 0 bridgehead atoms. The first-order valence-electron chi connectivity index (χ1n) is 13.3. The standard InChI is InChI=1S/C28H34N8O/c1-3-19(4-2)18-36-25(30-27(33-36)28(37)29-22-9-5-6-10-22)17-20-13-15-21(16-14-20)23-11-7-8-12-24(23)26-31-34-35-32-26/h7-8,11-16,19,22H,3-6,9-10,17-18H2,1-2H3,(H,29,37)(H,31,32,34,35). The molecule has 192 valence electrons. The highest BCUT2D eigenvalue weighted by Crippen LogP contribution is 2.30. The largest absolute Gasteiger partial charge is 0.347 e. The Hall–Kier alpha value is -3.88. The number of H-pyrrole nitrogens is 1. The van der Waals surface area contributed by atoms with Crippen molar-refractivity contribution < 1.29 is 4.79 Å². The molecule has 1 aliphatic carbocycles. The van der Waals surface area contributed by atoms with E-state index in [4.69, 9.17) is 4.98 Å². The fourth-order valence-corrected chi connectivity index (χ4v) is 5.05. The van der Waals surface area contributed by atoms with Crippen LogP contribution in [0.5, 0.6) is 0 Å². The average Bonchev–Trinajstić information content (AvgIpc) is 3.71. The SMILES string of the molecule is CCC(CC)Cn1nc(C(=O)NC2CCCC2)nc1Cc1ccc(-c2ccccc2-c2nn[nH]n2)cc1. The first-order valence-corrected chi connectivity index (χ1v) is 13.3. The maximum Gasteiger partial charge on any atom is 0.291 e. The lowest BCUT2D eigenvalue weighted by atomic mass is 9.97. The van der Waals surface area contributed by atoms with Crippen LogP contribution >= 0.6 is 0 Å². The van der Waals surface area contributed by atoms with Crippen molar-refractivity contribution in [2.75, 3.05) is 0 Å². The van der Waals surface area contributed by atoms with Crippen LogP contribution in [0.3, 0.4) is 0 Å². The van der Waals surface area contributed by atoms with Gasteiger partial charge in [0.25, 0.3) is 5.91 Å². The van der Waals surface area contributed by atoms with Gasteiger partial charge in [-0.25, -0.2) is 9.67 Å². The first kappa shape index (κ1) is 24.8. The lowest BCUT2D eigenvalue weighted by Crippen LogP contribution is -2.33. The Morgan fingerprint density at radius 2 is 1.78 bits per heavy atom. The molecule has 2 N–H and O–H groups in total. The summed E-state index contributed by atoms with van der Waals surface area (Å²) in [6.45, 7) is 5.16. The van der Waals surface area contributed by atoms with Crippen molar-refractivity contribution in [3.8, 4) is 22.5 Å². The van der Waals surface area contributed by atoms with Gasteiger partial charge in [0.2, 0.25) is 11.6 Å². The number of amides is 1. The molecular formula is C28H34N8O. The summed E-state index contributed by atoms with van der Waals surface area (Å²) >= 11 is 0. The summed E-state index contributed by atoms with van der Waals surface area (Å²) < 4.78 is 1.95. The number of rotatable bonds is 10. The van der Waals surface area contributed by atoms with Crippen molar-refractivity contribution in [1.82, 2.24) is 40.7 Å². The minimum Gasteiger partial charge on any atom is -0.347 e. The van der Waals surface area contributed by atoms with Gasteiger partial charge in [0.1, 0.15) is 5.82 Å². The van der Waals surface area contributed by atoms with E-state index >= 15 is 0 Å². The maximum atomic E-state index is 12.9. The van der Waals surface area contributed by atoms with Crippen molar-refractivity contribution >= 4 is 5.91 Å². The second-order valence-corrected chi connectivity index (χ2v) is 9.83. The Kier molecular flexibility index (Phi) is 7.67. The summed E-state index contributed by atoms with van der Waals surface area (Å²) in [4.78, 5) is 17.6. The van der Waals surface area contributed by atoms with E-state index in [0.29, 0.717) is 18.2 Å². The third-order valence-corrected chi connectivity index (χ3v) is 7.37. The van der Waals surface area contributed by atoms with E-state index in [9.17, 15) is 4.79 Å². The lowest BCUT2D eigenvalue weighted by Gasteiger charge is -2.14. The molecule has 9 heteroatoms. The highest BCUT2D eigenvalue weighted by Gasteiger charge is 2.23. The van der Waals surface area contributed by atoms with Crippen LogP contribution in [0.25, 0.3) is 22.5 Å². The topological polar surface area (TPSA) is 114 Å². The minimum absolute atomic E-state index is 0.162. The van der Waals surface area contributed by atoms with Crippen LogP contribution in [0.15, 0.2) is 48.5 Å². The van der Waals surface area contributed by atoms with E-state index in [1.807, 2.05) is 22.9 Å². The Morgan fingerprint density at radius 3 is 2.46 bits per heavy atom. The first-order chi connectivity index (χ1) is 18.1. The van der Waals surface area contributed by atoms with Crippen molar-refractivity contribution in [3.63, 3.8) is 0 Å². The zero-order valence-corrected chi connectivity index (χ0v) is 21.5. The van der Waals surface area contributed by atoms with Crippen LogP contribution in [-0.2, 0) is 13.0 Å². The van der Waals surface area contributed by atoms with Crippen molar-refractivity contribution in [3.05, 3.63) is 65.7 Å². The number of aromatic nitrogens is 7. The predicted octanol–water partition coefficient (Wildman–Crippen LogP) is 4.82. The molecule has 1 amide bonds. The van der Waals surface area contributed by atoms with E-state index in [0.717, 1.165) is 60.3 Å². The van der Waals surface area contributed by atoms with Crippen molar-refractivity contribution in [2.45, 2.75) is 71.4 Å². The normalized spacial score (nSPS) is 13.9. The van der Waals surface area contributed by atoms with Crippen LogP contribution in [0.1, 0.15) is 74.4 Å². The summed E-state index contributed by atoms with van der Waals surface area (Å²) in [6.07, 6.45) is 7.15. The Morgan fingerprint density at radius 1 is 1.05 bits per heavy atom. The van der Waals surface area contributed by atoms with E-state index < -0.39 is 0 Å². The second-order valence-electron chi connectivity index (χ2n) is 9.83. The molecule has 37 heavy (non-hydrogen) atoms. The van der Waals surface area contributed by atoms with Crippen molar-refractivity contribution in [2.24, 2.45) is 5.92 Å². The fourth-order valence-electron chi connectivity index (χ4n) is 5.05. The Labute approximate surface area is 217 Å².